The van der Waals surface area contributed by atoms with Gasteiger partial charge in [-0.3, -0.25) is 9.78 Å². The molecule has 0 bridgehead atoms. The third-order valence-corrected chi connectivity index (χ3v) is 4.31. The number of ketones is 1. The van der Waals surface area contributed by atoms with Crippen LogP contribution < -0.4 is 5.32 Å². The summed E-state index contributed by atoms with van der Waals surface area (Å²) in [6.07, 6.45) is 1.64. The topological polar surface area (TPSA) is 62.2 Å². The SMILES string of the molecule is Cc1ccccc1Nc1c(C(=O)C(C)C)cnc2ccc(CO)cc12. The predicted molar refractivity (Wildman–Crippen MR) is 101 cm³/mol. The number of anilines is 2. The Morgan fingerprint density at radius 2 is 1.96 bits per heavy atom. The molecular formula is C21H22N2O2. The standard InChI is InChI=1S/C21H22N2O2/c1-13(2)21(25)17-11-22-19-9-8-15(12-24)10-16(19)20(17)23-18-7-5-4-6-14(18)3/h4-11,13,24H,12H2,1-3H3,(H,22,23). The van der Waals surface area contributed by atoms with Crippen LogP contribution in [0.2, 0.25) is 0 Å². The van der Waals surface area contributed by atoms with Crippen molar-refractivity contribution >= 4 is 28.1 Å². The van der Waals surface area contributed by atoms with E-state index in [1.165, 1.54) is 0 Å². The average molecular weight is 334 g/mol. The summed E-state index contributed by atoms with van der Waals surface area (Å²) in [6, 6.07) is 13.6. The zero-order valence-corrected chi connectivity index (χ0v) is 14.7. The van der Waals surface area contributed by atoms with Gasteiger partial charge in [0.05, 0.1) is 23.4 Å². The number of benzene rings is 2. The Balaban J connectivity index is 2.24. The minimum absolute atomic E-state index is 0.0416. The molecule has 2 N–H and O–H groups in total. The Morgan fingerprint density at radius 1 is 1.20 bits per heavy atom. The first-order valence-corrected chi connectivity index (χ1v) is 8.40. The summed E-state index contributed by atoms with van der Waals surface area (Å²) in [6.45, 7) is 5.74. The summed E-state index contributed by atoms with van der Waals surface area (Å²) in [5.41, 5.74) is 4.93. The highest BCUT2D eigenvalue weighted by Crippen LogP contribution is 2.32. The molecule has 0 fully saturated rings. The number of aliphatic hydroxyl groups excluding tert-OH is 1. The lowest BCUT2D eigenvalue weighted by molar-refractivity contribution is 0.0940. The normalized spacial score (nSPS) is 11.1. The zero-order chi connectivity index (χ0) is 18.0. The average Bonchev–Trinajstić information content (AvgIpc) is 2.62. The fraction of sp³-hybridized carbons (Fsp3) is 0.238. The molecule has 1 heterocycles. The van der Waals surface area contributed by atoms with Crippen LogP contribution in [0.15, 0.2) is 48.7 Å². The summed E-state index contributed by atoms with van der Waals surface area (Å²) in [5, 5.41) is 13.7. The van der Waals surface area contributed by atoms with Crippen LogP contribution in [-0.4, -0.2) is 15.9 Å². The molecule has 4 heteroatoms. The summed E-state index contributed by atoms with van der Waals surface area (Å²) in [4.78, 5) is 17.2. The number of fused-ring (bicyclic) bond motifs is 1. The van der Waals surface area contributed by atoms with Gasteiger partial charge in [-0.25, -0.2) is 0 Å². The number of hydrogen-bond donors (Lipinski definition) is 2. The van der Waals surface area contributed by atoms with Gasteiger partial charge in [0.1, 0.15) is 0 Å². The van der Waals surface area contributed by atoms with E-state index in [4.69, 9.17) is 0 Å². The van der Waals surface area contributed by atoms with Gasteiger partial charge in [-0.15, -0.1) is 0 Å². The molecule has 0 saturated heterocycles. The van der Waals surface area contributed by atoms with Crippen molar-refractivity contribution in [3.8, 4) is 0 Å². The van der Waals surface area contributed by atoms with Crippen molar-refractivity contribution in [2.24, 2.45) is 5.92 Å². The number of nitrogens with zero attached hydrogens (tertiary/aromatic N) is 1. The van der Waals surface area contributed by atoms with E-state index < -0.39 is 0 Å². The van der Waals surface area contributed by atoms with Crippen LogP contribution in [0.4, 0.5) is 11.4 Å². The van der Waals surface area contributed by atoms with Gasteiger partial charge in [0.15, 0.2) is 5.78 Å². The minimum atomic E-state index is -0.127. The number of nitrogens with one attached hydrogen (secondary N) is 1. The van der Waals surface area contributed by atoms with Crippen molar-refractivity contribution in [1.29, 1.82) is 0 Å². The molecule has 0 amide bonds. The molecule has 0 unspecified atom stereocenters. The molecule has 0 saturated carbocycles. The number of aryl methyl sites for hydroxylation is 1. The van der Waals surface area contributed by atoms with Gasteiger partial charge in [-0.2, -0.15) is 0 Å². The highest BCUT2D eigenvalue weighted by Gasteiger charge is 2.19. The Morgan fingerprint density at radius 3 is 2.64 bits per heavy atom. The fourth-order valence-corrected chi connectivity index (χ4v) is 2.82. The zero-order valence-electron chi connectivity index (χ0n) is 14.7. The molecule has 3 rings (SSSR count). The third-order valence-electron chi connectivity index (χ3n) is 4.31. The Bertz CT molecular complexity index is 932. The Labute approximate surface area is 147 Å². The van der Waals surface area contributed by atoms with Gasteiger partial charge in [0.2, 0.25) is 0 Å². The largest absolute Gasteiger partial charge is 0.392 e. The summed E-state index contributed by atoms with van der Waals surface area (Å²) in [7, 11) is 0. The molecule has 0 aliphatic heterocycles. The minimum Gasteiger partial charge on any atom is -0.392 e. The number of aromatic nitrogens is 1. The number of carbonyl (C=O) groups excluding carboxylic acids is 1. The third kappa shape index (κ3) is 3.39. The molecule has 25 heavy (non-hydrogen) atoms. The van der Waals surface area contributed by atoms with E-state index in [-0.39, 0.29) is 18.3 Å². The Kier molecular flexibility index (Phi) is 4.81. The second-order valence-electron chi connectivity index (χ2n) is 6.52. The van der Waals surface area contributed by atoms with Gasteiger partial charge in [-0.1, -0.05) is 38.1 Å². The first-order chi connectivity index (χ1) is 12.0. The summed E-state index contributed by atoms with van der Waals surface area (Å²) in [5.74, 6) is -0.0856. The second-order valence-corrected chi connectivity index (χ2v) is 6.52. The van der Waals surface area contributed by atoms with Crippen LogP contribution in [0.1, 0.15) is 35.3 Å². The van der Waals surface area contributed by atoms with E-state index in [1.54, 1.807) is 6.20 Å². The maximum absolute atomic E-state index is 12.7. The fourth-order valence-electron chi connectivity index (χ4n) is 2.82. The molecule has 3 aromatic rings. The molecule has 2 aromatic carbocycles. The molecule has 128 valence electrons. The van der Waals surface area contributed by atoms with E-state index in [9.17, 15) is 9.90 Å². The van der Waals surface area contributed by atoms with Crippen LogP contribution >= 0.6 is 0 Å². The number of para-hydroxylation sites is 1. The van der Waals surface area contributed by atoms with Crippen molar-refractivity contribution in [3.63, 3.8) is 0 Å². The summed E-state index contributed by atoms with van der Waals surface area (Å²) < 4.78 is 0. The molecule has 0 aliphatic carbocycles. The first kappa shape index (κ1) is 17.1. The quantitative estimate of drug-likeness (QED) is 0.669. The molecule has 1 aromatic heterocycles. The smallest absolute Gasteiger partial charge is 0.169 e. The van der Waals surface area contributed by atoms with Crippen LogP contribution in [0.5, 0.6) is 0 Å². The van der Waals surface area contributed by atoms with Gasteiger partial charge in [0.25, 0.3) is 0 Å². The number of hydrogen-bond acceptors (Lipinski definition) is 4. The van der Waals surface area contributed by atoms with Crippen molar-refractivity contribution in [2.75, 3.05) is 5.32 Å². The Hall–Kier alpha value is -2.72. The number of Topliss-reactive ketones (excluding diaryl/α,β-unsaturated/α-hetero) is 1. The van der Waals surface area contributed by atoms with Crippen molar-refractivity contribution in [3.05, 3.63) is 65.4 Å². The highest BCUT2D eigenvalue weighted by molar-refractivity contribution is 6.09. The van der Waals surface area contributed by atoms with Crippen molar-refractivity contribution in [2.45, 2.75) is 27.4 Å². The molecule has 0 spiro atoms. The van der Waals surface area contributed by atoms with Crippen molar-refractivity contribution in [1.82, 2.24) is 4.98 Å². The number of pyridine rings is 1. The lowest BCUT2D eigenvalue weighted by Crippen LogP contribution is -2.11. The lowest BCUT2D eigenvalue weighted by atomic mass is 9.97. The van der Waals surface area contributed by atoms with E-state index >= 15 is 0 Å². The van der Waals surface area contributed by atoms with E-state index in [0.29, 0.717) is 5.56 Å². The molecular weight excluding hydrogens is 312 g/mol. The maximum atomic E-state index is 12.7. The lowest BCUT2D eigenvalue weighted by Gasteiger charge is -2.17. The summed E-state index contributed by atoms with van der Waals surface area (Å²) >= 11 is 0. The van der Waals surface area contributed by atoms with Gasteiger partial charge >= 0.3 is 0 Å². The number of carbonyl (C=O) groups is 1. The second kappa shape index (κ2) is 7.03. The van der Waals surface area contributed by atoms with Crippen LogP contribution in [0.3, 0.4) is 0 Å². The monoisotopic (exact) mass is 334 g/mol. The van der Waals surface area contributed by atoms with Crippen molar-refractivity contribution < 1.29 is 9.90 Å². The molecule has 0 radical (unpaired) electrons. The van der Waals surface area contributed by atoms with Gasteiger partial charge in [0, 0.05) is 23.2 Å². The van der Waals surface area contributed by atoms with E-state index in [2.05, 4.69) is 10.3 Å². The van der Waals surface area contributed by atoms with Gasteiger partial charge in [-0.05, 0) is 36.2 Å². The van der Waals surface area contributed by atoms with Crippen LogP contribution in [0.25, 0.3) is 10.9 Å². The molecule has 4 nitrogen and oxygen atoms in total. The molecule has 0 aliphatic rings. The number of rotatable bonds is 5. The maximum Gasteiger partial charge on any atom is 0.169 e. The van der Waals surface area contributed by atoms with Crippen LogP contribution in [0, 0.1) is 12.8 Å². The van der Waals surface area contributed by atoms with E-state index in [0.717, 1.165) is 33.4 Å². The first-order valence-electron chi connectivity index (χ1n) is 8.40. The van der Waals surface area contributed by atoms with E-state index in [1.807, 2.05) is 63.2 Å². The predicted octanol–water partition coefficient (Wildman–Crippen LogP) is 4.62. The van der Waals surface area contributed by atoms with Gasteiger partial charge < -0.3 is 10.4 Å². The highest BCUT2D eigenvalue weighted by atomic mass is 16.3. The number of aliphatic hydroxyl groups is 1. The van der Waals surface area contributed by atoms with Crippen LogP contribution in [-0.2, 0) is 6.61 Å². The molecule has 0 atom stereocenters.